The highest BCUT2D eigenvalue weighted by atomic mass is 16.6. The maximum absolute atomic E-state index is 13.1. The summed E-state index contributed by atoms with van der Waals surface area (Å²) in [6.45, 7) is 3.93. The number of carbonyl (C=O) groups is 3. The smallest absolute Gasteiger partial charge is 0.419 e. The van der Waals surface area contributed by atoms with Gasteiger partial charge in [0.15, 0.2) is 6.23 Å². The number of hydrogen-bond donors (Lipinski definition) is 0. The Morgan fingerprint density at radius 2 is 1.53 bits per heavy atom. The molecule has 0 unspecified atom stereocenters. The van der Waals surface area contributed by atoms with Crippen LogP contribution >= 0.6 is 0 Å². The summed E-state index contributed by atoms with van der Waals surface area (Å²) in [7, 11) is 0. The number of imide groups is 1. The molecule has 0 aliphatic carbocycles. The molecule has 3 amide bonds. The Bertz CT molecular complexity index is 943. The van der Waals surface area contributed by atoms with E-state index in [0.29, 0.717) is 18.6 Å². The molecule has 30 heavy (non-hydrogen) atoms. The van der Waals surface area contributed by atoms with E-state index in [1.807, 2.05) is 62.4 Å². The van der Waals surface area contributed by atoms with Gasteiger partial charge in [0.2, 0.25) is 5.91 Å². The maximum atomic E-state index is 13.1. The minimum absolute atomic E-state index is 0.0912. The highest BCUT2D eigenvalue weighted by Gasteiger charge is 2.66. The third-order valence-corrected chi connectivity index (χ3v) is 5.98. The summed E-state index contributed by atoms with van der Waals surface area (Å²) in [4.78, 5) is 40.9. The fraction of sp³-hybridized carbons (Fsp3) is 0.348. The zero-order chi connectivity index (χ0) is 21.3. The molecule has 2 aromatic carbocycles. The first-order chi connectivity index (χ1) is 14.5. The lowest BCUT2D eigenvalue weighted by Gasteiger charge is -2.55. The molecule has 0 aromatic heterocycles. The third kappa shape index (κ3) is 3.10. The van der Waals surface area contributed by atoms with Gasteiger partial charge in [-0.25, -0.2) is 9.69 Å². The standard InChI is InChI=1S/C23H24N2O5/c1-3-23(4-2)20(27)25(21(23)29-17-13-9-6-10-14-17)19-18(26)24(22(28)30-19)15-16-11-7-5-8-12-16/h5-14,19,21H,3-4,15H2,1-2H3/t19-,21-/m0/s1. The number of likely N-dealkylation sites (tertiary alicyclic amines) is 1. The van der Waals surface area contributed by atoms with E-state index in [1.54, 1.807) is 12.1 Å². The third-order valence-electron chi connectivity index (χ3n) is 5.98. The molecule has 0 saturated carbocycles. The molecule has 2 atom stereocenters. The van der Waals surface area contributed by atoms with Crippen LogP contribution in [0, 0.1) is 5.41 Å². The quantitative estimate of drug-likeness (QED) is 0.655. The minimum Gasteiger partial charge on any atom is -0.469 e. The topological polar surface area (TPSA) is 76.2 Å². The van der Waals surface area contributed by atoms with Gasteiger partial charge >= 0.3 is 6.09 Å². The van der Waals surface area contributed by atoms with Gasteiger partial charge in [0.05, 0.1) is 6.54 Å². The lowest BCUT2D eigenvalue weighted by atomic mass is 9.71. The SMILES string of the molecule is CCC1(CC)C(=O)N([C@H]2OC(=O)N(Cc3ccccc3)C2=O)[C@H]1Oc1ccccc1. The fourth-order valence-corrected chi connectivity index (χ4v) is 4.12. The van der Waals surface area contributed by atoms with E-state index in [2.05, 4.69) is 0 Å². The van der Waals surface area contributed by atoms with E-state index >= 15 is 0 Å². The number of ether oxygens (including phenoxy) is 2. The average molecular weight is 408 g/mol. The number of para-hydroxylation sites is 1. The van der Waals surface area contributed by atoms with Crippen molar-refractivity contribution < 1.29 is 23.9 Å². The fourth-order valence-electron chi connectivity index (χ4n) is 4.12. The maximum Gasteiger partial charge on any atom is 0.419 e. The van der Waals surface area contributed by atoms with Gasteiger partial charge in [0, 0.05) is 0 Å². The predicted molar refractivity (Wildman–Crippen MR) is 108 cm³/mol. The Morgan fingerprint density at radius 3 is 2.13 bits per heavy atom. The molecule has 0 radical (unpaired) electrons. The number of benzene rings is 2. The van der Waals surface area contributed by atoms with Crippen LogP contribution < -0.4 is 4.74 Å². The van der Waals surface area contributed by atoms with Crippen LogP contribution in [0.4, 0.5) is 4.79 Å². The summed E-state index contributed by atoms with van der Waals surface area (Å²) >= 11 is 0. The monoisotopic (exact) mass is 408 g/mol. The Kier molecular flexibility index (Phi) is 5.20. The van der Waals surface area contributed by atoms with Crippen molar-refractivity contribution in [2.45, 2.75) is 45.7 Å². The molecule has 2 saturated heterocycles. The highest BCUT2D eigenvalue weighted by molar-refractivity contribution is 6.03. The number of amides is 3. The molecule has 7 heteroatoms. The van der Waals surface area contributed by atoms with Crippen molar-refractivity contribution in [2.24, 2.45) is 5.41 Å². The average Bonchev–Trinajstić information content (AvgIpc) is 3.04. The number of rotatable bonds is 7. The predicted octanol–water partition coefficient (Wildman–Crippen LogP) is 3.55. The molecule has 0 spiro atoms. The van der Waals surface area contributed by atoms with E-state index in [1.165, 1.54) is 4.90 Å². The molecule has 2 aliphatic heterocycles. The van der Waals surface area contributed by atoms with Gasteiger partial charge in [-0.2, -0.15) is 0 Å². The molecule has 2 fully saturated rings. The second-order valence-corrected chi connectivity index (χ2v) is 7.51. The van der Waals surface area contributed by atoms with Gasteiger partial charge in [0.1, 0.15) is 11.2 Å². The number of hydrogen-bond acceptors (Lipinski definition) is 5. The number of carbonyl (C=O) groups excluding carboxylic acids is 3. The molecule has 7 nitrogen and oxygen atoms in total. The van der Waals surface area contributed by atoms with Crippen molar-refractivity contribution in [3.63, 3.8) is 0 Å². The Labute approximate surface area is 175 Å². The van der Waals surface area contributed by atoms with E-state index in [-0.39, 0.29) is 12.5 Å². The minimum atomic E-state index is -1.31. The normalized spacial score (nSPS) is 22.7. The van der Waals surface area contributed by atoms with Crippen molar-refractivity contribution in [2.75, 3.05) is 0 Å². The highest BCUT2D eigenvalue weighted by Crippen LogP contribution is 2.48. The molecule has 156 valence electrons. The van der Waals surface area contributed by atoms with Crippen LogP contribution in [0.2, 0.25) is 0 Å². The first kappa shape index (κ1) is 19.9. The Morgan fingerprint density at radius 1 is 0.933 bits per heavy atom. The molecule has 2 aromatic rings. The summed E-state index contributed by atoms with van der Waals surface area (Å²) in [5, 5.41) is 0. The van der Waals surface area contributed by atoms with Gasteiger partial charge < -0.3 is 9.47 Å². The van der Waals surface area contributed by atoms with Crippen molar-refractivity contribution >= 4 is 17.9 Å². The zero-order valence-corrected chi connectivity index (χ0v) is 17.0. The zero-order valence-electron chi connectivity index (χ0n) is 17.0. The van der Waals surface area contributed by atoms with Crippen LogP contribution in [-0.4, -0.2) is 40.2 Å². The molecule has 4 rings (SSSR count). The van der Waals surface area contributed by atoms with Crippen LogP contribution in [0.3, 0.4) is 0 Å². The molecule has 2 heterocycles. The van der Waals surface area contributed by atoms with Gasteiger partial charge in [0.25, 0.3) is 12.1 Å². The first-order valence-corrected chi connectivity index (χ1v) is 10.1. The summed E-state index contributed by atoms with van der Waals surface area (Å²) in [5.41, 5.74) is 0.0435. The van der Waals surface area contributed by atoms with E-state index < -0.39 is 29.9 Å². The molecule has 0 N–H and O–H groups in total. The van der Waals surface area contributed by atoms with Crippen LogP contribution in [0.25, 0.3) is 0 Å². The molecular formula is C23H24N2O5. The van der Waals surface area contributed by atoms with Gasteiger partial charge in [-0.3, -0.25) is 14.5 Å². The van der Waals surface area contributed by atoms with Crippen LogP contribution in [0.1, 0.15) is 32.3 Å². The summed E-state index contributed by atoms with van der Waals surface area (Å²) in [6.07, 6.45) is -1.65. The van der Waals surface area contributed by atoms with Crippen molar-refractivity contribution in [1.82, 2.24) is 9.80 Å². The number of β-lactam (4-membered cyclic amide) rings is 1. The lowest BCUT2D eigenvalue weighted by molar-refractivity contribution is -0.225. The molecule has 2 aliphatic rings. The second-order valence-electron chi connectivity index (χ2n) is 7.51. The first-order valence-electron chi connectivity index (χ1n) is 10.1. The number of nitrogens with zero attached hydrogens (tertiary/aromatic N) is 2. The summed E-state index contributed by atoms with van der Waals surface area (Å²) in [5.74, 6) is -0.204. The van der Waals surface area contributed by atoms with Crippen molar-refractivity contribution in [3.05, 3.63) is 66.2 Å². The summed E-state index contributed by atoms with van der Waals surface area (Å²) < 4.78 is 11.5. The van der Waals surface area contributed by atoms with E-state index in [4.69, 9.17) is 9.47 Å². The van der Waals surface area contributed by atoms with Crippen LogP contribution in [0.15, 0.2) is 60.7 Å². The van der Waals surface area contributed by atoms with Crippen LogP contribution in [0.5, 0.6) is 5.75 Å². The molecular weight excluding hydrogens is 384 g/mol. The van der Waals surface area contributed by atoms with Gasteiger partial charge in [-0.1, -0.05) is 62.4 Å². The Balaban J connectivity index is 1.59. The van der Waals surface area contributed by atoms with E-state index in [0.717, 1.165) is 10.5 Å². The second kappa shape index (κ2) is 7.82. The molecule has 0 bridgehead atoms. The van der Waals surface area contributed by atoms with Crippen molar-refractivity contribution in [1.29, 1.82) is 0 Å². The Hall–Kier alpha value is -3.35. The lowest BCUT2D eigenvalue weighted by Crippen LogP contribution is -2.74. The van der Waals surface area contributed by atoms with Gasteiger partial charge in [-0.15, -0.1) is 0 Å². The van der Waals surface area contributed by atoms with Gasteiger partial charge in [-0.05, 0) is 30.5 Å². The van der Waals surface area contributed by atoms with Crippen molar-refractivity contribution in [3.8, 4) is 5.75 Å². The van der Waals surface area contributed by atoms with Crippen LogP contribution in [-0.2, 0) is 20.9 Å². The number of cyclic esters (lactones) is 1. The largest absolute Gasteiger partial charge is 0.469 e. The summed E-state index contributed by atoms with van der Waals surface area (Å²) in [6, 6.07) is 18.3. The van der Waals surface area contributed by atoms with E-state index in [9.17, 15) is 14.4 Å².